The van der Waals surface area contributed by atoms with Crippen molar-refractivity contribution in [3.8, 4) is 67.5 Å². The van der Waals surface area contributed by atoms with Gasteiger partial charge in [-0.25, -0.2) is 15.0 Å². The summed E-state index contributed by atoms with van der Waals surface area (Å²) in [6.45, 7) is 0. The van der Waals surface area contributed by atoms with Gasteiger partial charge in [0.1, 0.15) is 11.2 Å². The summed E-state index contributed by atoms with van der Waals surface area (Å²) in [6.07, 6.45) is 0. The van der Waals surface area contributed by atoms with Crippen molar-refractivity contribution in [1.82, 2.24) is 15.0 Å². The van der Waals surface area contributed by atoms with Gasteiger partial charge in [0.05, 0.1) is 0 Å². The maximum atomic E-state index is 15.2. The van der Waals surface area contributed by atoms with Crippen LogP contribution in [0.2, 0.25) is 0 Å². The zero-order chi connectivity index (χ0) is 44.7. The van der Waals surface area contributed by atoms with Crippen LogP contribution in [0.25, 0.3) is 100 Å². The second-order valence-corrected chi connectivity index (χ2v) is 19.4. The monoisotopic (exact) mass is 877 g/mol. The average molecular weight is 878 g/mol. The number of benzene rings is 10. The van der Waals surface area contributed by atoms with E-state index in [9.17, 15) is 0 Å². The first kappa shape index (κ1) is 40.0. The molecule has 0 bridgehead atoms. The minimum atomic E-state index is -3.12. The van der Waals surface area contributed by atoms with Gasteiger partial charge in [-0.3, -0.25) is 0 Å². The molecule has 0 aliphatic heterocycles. The van der Waals surface area contributed by atoms with Crippen LogP contribution in [-0.4, -0.2) is 15.0 Å². The normalized spacial score (nSPS) is 11.6. The highest BCUT2D eigenvalue weighted by Crippen LogP contribution is 2.45. The molecule has 2 heterocycles. The molecule has 2 aromatic heterocycles. The van der Waals surface area contributed by atoms with Crippen LogP contribution >= 0.6 is 7.14 Å². The molecular formula is C61H40N3O2P. The molecule has 0 aliphatic rings. The third kappa shape index (κ3) is 7.23. The predicted octanol–water partition coefficient (Wildman–Crippen LogP) is 14.6. The lowest BCUT2D eigenvalue weighted by atomic mass is 9.93. The Kier molecular flexibility index (Phi) is 10.0. The van der Waals surface area contributed by atoms with Crippen molar-refractivity contribution < 1.29 is 8.98 Å². The zero-order valence-electron chi connectivity index (χ0n) is 36.2. The second kappa shape index (κ2) is 16.8. The van der Waals surface area contributed by atoms with E-state index < -0.39 is 7.14 Å². The molecule has 0 saturated carbocycles. The highest BCUT2D eigenvalue weighted by atomic mass is 31.2. The molecule has 5 nitrogen and oxygen atoms in total. The summed E-state index contributed by atoms with van der Waals surface area (Å²) in [7, 11) is -3.12. The van der Waals surface area contributed by atoms with Crippen molar-refractivity contribution in [2.45, 2.75) is 0 Å². The average Bonchev–Trinajstić information content (AvgIpc) is 3.81. The van der Waals surface area contributed by atoms with Gasteiger partial charge in [0.25, 0.3) is 0 Å². The molecule has 0 fully saturated rings. The van der Waals surface area contributed by atoms with E-state index in [1.807, 2.05) is 133 Å². The molecule has 67 heavy (non-hydrogen) atoms. The maximum Gasteiger partial charge on any atom is 0.171 e. The van der Waals surface area contributed by atoms with E-state index in [1.165, 1.54) is 0 Å². The molecule has 0 aliphatic carbocycles. The van der Waals surface area contributed by atoms with Gasteiger partial charge in [0.15, 0.2) is 24.6 Å². The fraction of sp³-hybridized carbons (Fsp3) is 0. The van der Waals surface area contributed by atoms with E-state index >= 15 is 4.57 Å². The van der Waals surface area contributed by atoms with E-state index in [0.717, 1.165) is 98.7 Å². The van der Waals surface area contributed by atoms with Crippen LogP contribution < -0.4 is 15.9 Å². The molecule has 0 radical (unpaired) electrons. The summed E-state index contributed by atoms with van der Waals surface area (Å²) >= 11 is 0. The standard InChI is InChI=1S/C61H40N3O2P/c65-67(48-20-9-3-10-21-48,49-22-11-4-12-23-49)50-38-36-44(37-39-50)54-40-55-57-51(26-15-27-56(57)66-58(55)53-25-14-13-24-52(53)54)43-32-28-41(29-33-43)42-30-34-47(35-31-42)61-63-59(45-16-5-1-6-17-45)62-60(64-61)46-18-7-2-8-19-46/h1-40H. The minimum absolute atomic E-state index is 0.625. The van der Waals surface area contributed by atoms with Gasteiger partial charge in [-0.05, 0) is 50.9 Å². The fourth-order valence-corrected chi connectivity index (χ4v) is 11.9. The van der Waals surface area contributed by atoms with Crippen LogP contribution in [-0.2, 0) is 4.57 Å². The Morgan fingerprint density at radius 3 is 1.25 bits per heavy atom. The summed E-state index contributed by atoms with van der Waals surface area (Å²) in [5.41, 5.74) is 11.0. The Bertz CT molecular complexity index is 3680. The quantitative estimate of drug-likeness (QED) is 0.135. The summed E-state index contributed by atoms with van der Waals surface area (Å²) in [5.74, 6) is 1.90. The summed E-state index contributed by atoms with van der Waals surface area (Å²) in [4.78, 5) is 14.7. The number of fused-ring (bicyclic) bond motifs is 5. The van der Waals surface area contributed by atoms with Crippen LogP contribution in [0.1, 0.15) is 0 Å². The number of hydrogen-bond donors (Lipinski definition) is 0. The zero-order valence-corrected chi connectivity index (χ0v) is 37.1. The third-order valence-electron chi connectivity index (χ3n) is 12.7. The Hall–Kier alpha value is -8.50. The van der Waals surface area contributed by atoms with Gasteiger partial charge in [-0.2, -0.15) is 0 Å². The first-order valence-corrected chi connectivity index (χ1v) is 24.1. The predicted molar refractivity (Wildman–Crippen MR) is 277 cm³/mol. The lowest BCUT2D eigenvalue weighted by molar-refractivity contribution is 0.592. The van der Waals surface area contributed by atoms with Crippen LogP contribution in [0.3, 0.4) is 0 Å². The van der Waals surface area contributed by atoms with Crippen LogP contribution in [0.15, 0.2) is 247 Å². The van der Waals surface area contributed by atoms with Gasteiger partial charge in [0, 0.05) is 48.8 Å². The number of rotatable bonds is 9. The van der Waals surface area contributed by atoms with E-state index in [-0.39, 0.29) is 0 Å². The molecule has 0 atom stereocenters. The SMILES string of the molecule is O=P(c1ccccc1)(c1ccccc1)c1ccc(-c2cc3c(oc4cccc(-c5ccc(-c6ccc(-c7nc(-c8ccccc8)nc(-c8ccccc8)n7)cc6)cc5)c43)c3ccccc23)cc1. The number of furan rings is 1. The molecule has 6 heteroatoms. The van der Waals surface area contributed by atoms with Crippen molar-refractivity contribution in [3.63, 3.8) is 0 Å². The van der Waals surface area contributed by atoms with E-state index in [1.54, 1.807) is 0 Å². The van der Waals surface area contributed by atoms with Gasteiger partial charge >= 0.3 is 0 Å². The minimum Gasteiger partial charge on any atom is -0.455 e. The first-order chi connectivity index (χ1) is 33.1. The van der Waals surface area contributed by atoms with E-state index in [0.29, 0.717) is 17.5 Å². The molecule has 12 aromatic rings. The summed E-state index contributed by atoms with van der Waals surface area (Å²) < 4.78 is 21.9. The molecule has 0 amide bonds. The van der Waals surface area contributed by atoms with Gasteiger partial charge in [0.2, 0.25) is 0 Å². The number of nitrogens with zero attached hydrogens (tertiary/aromatic N) is 3. The lowest BCUT2D eigenvalue weighted by Gasteiger charge is -2.20. The van der Waals surface area contributed by atoms with Gasteiger partial charge in [-0.1, -0.05) is 231 Å². The lowest BCUT2D eigenvalue weighted by Crippen LogP contribution is -2.24. The molecular weight excluding hydrogens is 838 g/mol. The first-order valence-electron chi connectivity index (χ1n) is 22.4. The largest absolute Gasteiger partial charge is 0.455 e. The Balaban J connectivity index is 0.896. The third-order valence-corrected chi connectivity index (χ3v) is 15.7. The van der Waals surface area contributed by atoms with Gasteiger partial charge in [-0.15, -0.1) is 0 Å². The molecule has 10 aromatic carbocycles. The van der Waals surface area contributed by atoms with Crippen LogP contribution in [0.4, 0.5) is 0 Å². The van der Waals surface area contributed by atoms with Crippen LogP contribution in [0, 0.1) is 0 Å². The molecule has 12 rings (SSSR count). The van der Waals surface area contributed by atoms with Gasteiger partial charge < -0.3 is 8.98 Å². The smallest absolute Gasteiger partial charge is 0.171 e. The number of hydrogen-bond acceptors (Lipinski definition) is 5. The maximum absolute atomic E-state index is 15.2. The summed E-state index contributed by atoms with van der Waals surface area (Å²) in [6, 6.07) is 82.2. The molecule has 0 spiro atoms. The van der Waals surface area contributed by atoms with Crippen molar-refractivity contribution in [2.75, 3.05) is 0 Å². The Labute approximate surface area is 388 Å². The summed E-state index contributed by atoms with van der Waals surface area (Å²) in [5, 5.41) is 6.68. The Morgan fingerprint density at radius 2 is 0.716 bits per heavy atom. The van der Waals surface area contributed by atoms with Crippen molar-refractivity contribution in [3.05, 3.63) is 243 Å². The molecule has 0 unspecified atom stereocenters. The van der Waals surface area contributed by atoms with E-state index in [2.05, 4.69) is 109 Å². The highest BCUT2D eigenvalue weighted by Gasteiger charge is 2.29. The highest BCUT2D eigenvalue weighted by molar-refractivity contribution is 7.85. The van der Waals surface area contributed by atoms with E-state index in [4.69, 9.17) is 19.4 Å². The molecule has 0 N–H and O–H groups in total. The second-order valence-electron chi connectivity index (χ2n) is 16.6. The fourth-order valence-electron chi connectivity index (χ4n) is 9.29. The molecule has 0 saturated heterocycles. The number of aromatic nitrogens is 3. The van der Waals surface area contributed by atoms with Crippen LogP contribution in [0.5, 0.6) is 0 Å². The van der Waals surface area contributed by atoms with Crippen molar-refractivity contribution in [2.24, 2.45) is 0 Å². The Morgan fingerprint density at radius 1 is 0.313 bits per heavy atom. The van der Waals surface area contributed by atoms with Crippen molar-refractivity contribution in [1.29, 1.82) is 0 Å². The molecule has 316 valence electrons. The van der Waals surface area contributed by atoms with Crippen molar-refractivity contribution >= 4 is 55.8 Å². The topological polar surface area (TPSA) is 68.9 Å².